The second-order valence-corrected chi connectivity index (χ2v) is 4.61. The third kappa shape index (κ3) is 2.74. The zero-order valence-electron chi connectivity index (χ0n) is 9.22. The van der Waals surface area contributed by atoms with E-state index in [-0.39, 0.29) is 6.42 Å². The molecule has 88 valence electrons. The molecule has 1 aromatic heterocycles. The fraction of sp³-hybridized carbons (Fsp3) is 0.167. The fourth-order valence-electron chi connectivity index (χ4n) is 1.64. The highest BCUT2D eigenvalue weighted by Crippen LogP contribution is 2.16. The number of hydrogen-bond acceptors (Lipinski definition) is 2. The first-order valence-corrected chi connectivity index (χ1v) is 5.88. The SMILES string of the molecule is Cc1nc(CC(=O)O)cn1-c1ccc(Br)cc1. The average Bonchev–Trinajstić information content (AvgIpc) is 2.59. The number of aliphatic carboxylic acids is 1. The minimum atomic E-state index is -0.870. The van der Waals surface area contributed by atoms with Crippen molar-refractivity contribution < 1.29 is 9.90 Å². The third-order valence-corrected chi connectivity index (χ3v) is 2.90. The normalized spacial score (nSPS) is 10.5. The molecule has 0 aliphatic carbocycles. The minimum Gasteiger partial charge on any atom is -0.481 e. The summed E-state index contributed by atoms with van der Waals surface area (Å²) in [6.07, 6.45) is 1.71. The molecule has 0 bridgehead atoms. The highest BCUT2D eigenvalue weighted by molar-refractivity contribution is 9.10. The van der Waals surface area contributed by atoms with E-state index in [0.29, 0.717) is 5.69 Å². The molecule has 2 aromatic rings. The molecule has 0 saturated heterocycles. The van der Waals surface area contributed by atoms with Crippen LogP contribution in [0.4, 0.5) is 0 Å². The summed E-state index contributed by atoms with van der Waals surface area (Å²) in [4.78, 5) is 14.8. The largest absolute Gasteiger partial charge is 0.481 e. The van der Waals surface area contributed by atoms with Gasteiger partial charge in [-0.05, 0) is 31.2 Å². The van der Waals surface area contributed by atoms with Crippen LogP contribution in [0.2, 0.25) is 0 Å². The Kier molecular flexibility index (Phi) is 3.28. The van der Waals surface area contributed by atoms with Gasteiger partial charge in [0, 0.05) is 16.4 Å². The van der Waals surface area contributed by atoms with Crippen LogP contribution in [-0.4, -0.2) is 20.6 Å². The zero-order valence-corrected chi connectivity index (χ0v) is 10.8. The first-order chi connectivity index (χ1) is 8.06. The molecule has 0 atom stereocenters. The number of carboxylic acid groups (broad SMARTS) is 1. The molecule has 2 rings (SSSR count). The number of carboxylic acids is 1. The Bertz CT molecular complexity index is 546. The number of aromatic nitrogens is 2. The van der Waals surface area contributed by atoms with Crippen molar-refractivity contribution in [2.24, 2.45) is 0 Å². The molecule has 4 nitrogen and oxygen atoms in total. The van der Waals surface area contributed by atoms with E-state index in [0.717, 1.165) is 16.0 Å². The third-order valence-electron chi connectivity index (χ3n) is 2.37. The van der Waals surface area contributed by atoms with Crippen LogP contribution < -0.4 is 0 Å². The van der Waals surface area contributed by atoms with Gasteiger partial charge in [-0.1, -0.05) is 15.9 Å². The second kappa shape index (κ2) is 4.71. The van der Waals surface area contributed by atoms with Crippen molar-refractivity contribution in [3.05, 3.63) is 46.5 Å². The van der Waals surface area contributed by atoms with E-state index in [4.69, 9.17) is 5.11 Å². The van der Waals surface area contributed by atoms with E-state index in [2.05, 4.69) is 20.9 Å². The van der Waals surface area contributed by atoms with Crippen molar-refractivity contribution in [3.8, 4) is 5.69 Å². The van der Waals surface area contributed by atoms with Gasteiger partial charge in [0.05, 0.1) is 12.1 Å². The maximum atomic E-state index is 10.6. The maximum Gasteiger partial charge on any atom is 0.309 e. The lowest BCUT2D eigenvalue weighted by Crippen LogP contribution is -1.99. The zero-order chi connectivity index (χ0) is 12.4. The molecule has 0 aliphatic rings. The fourth-order valence-corrected chi connectivity index (χ4v) is 1.90. The summed E-state index contributed by atoms with van der Waals surface area (Å²) in [5.41, 5.74) is 1.53. The monoisotopic (exact) mass is 294 g/mol. The standard InChI is InChI=1S/C12H11BrN2O2/c1-8-14-10(6-12(16)17)7-15(8)11-4-2-9(13)3-5-11/h2-5,7H,6H2,1H3,(H,16,17). The summed E-state index contributed by atoms with van der Waals surface area (Å²) in [5, 5.41) is 8.72. The van der Waals surface area contributed by atoms with Crippen LogP contribution >= 0.6 is 15.9 Å². The van der Waals surface area contributed by atoms with Gasteiger partial charge in [-0.25, -0.2) is 4.98 Å². The first-order valence-electron chi connectivity index (χ1n) is 5.09. The number of imidazole rings is 1. The van der Waals surface area contributed by atoms with Crippen molar-refractivity contribution >= 4 is 21.9 Å². The van der Waals surface area contributed by atoms with Crippen molar-refractivity contribution in [2.45, 2.75) is 13.3 Å². The number of halogens is 1. The summed E-state index contributed by atoms with van der Waals surface area (Å²) in [6.45, 7) is 1.85. The van der Waals surface area contributed by atoms with Crippen LogP contribution in [0.5, 0.6) is 0 Å². The van der Waals surface area contributed by atoms with Crippen molar-refractivity contribution in [1.82, 2.24) is 9.55 Å². The van der Waals surface area contributed by atoms with Crippen LogP contribution in [0.1, 0.15) is 11.5 Å². The smallest absolute Gasteiger partial charge is 0.309 e. The molecule has 0 spiro atoms. The lowest BCUT2D eigenvalue weighted by atomic mass is 10.3. The molecule has 5 heteroatoms. The molecule has 0 aliphatic heterocycles. The highest BCUT2D eigenvalue weighted by Gasteiger charge is 2.08. The van der Waals surface area contributed by atoms with E-state index in [1.807, 2.05) is 35.8 Å². The topological polar surface area (TPSA) is 55.1 Å². The molecule has 1 N–H and O–H groups in total. The van der Waals surface area contributed by atoms with Crippen molar-refractivity contribution in [1.29, 1.82) is 0 Å². The number of carbonyl (C=O) groups is 1. The predicted octanol–water partition coefficient (Wildman–Crippen LogP) is 2.57. The Morgan fingerprint density at radius 1 is 1.41 bits per heavy atom. The molecular formula is C12H11BrN2O2. The van der Waals surface area contributed by atoms with Crippen LogP contribution in [-0.2, 0) is 11.2 Å². The highest BCUT2D eigenvalue weighted by atomic mass is 79.9. The van der Waals surface area contributed by atoms with Gasteiger partial charge < -0.3 is 9.67 Å². The molecular weight excluding hydrogens is 284 g/mol. The van der Waals surface area contributed by atoms with Crippen LogP contribution in [0.25, 0.3) is 5.69 Å². The lowest BCUT2D eigenvalue weighted by molar-refractivity contribution is -0.136. The van der Waals surface area contributed by atoms with Gasteiger partial charge in [-0.15, -0.1) is 0 Å². The molecule has 0 radical (unpaired) electrons. The van der Waals surface area contributed by atoms with Crippen LogP contribution in [0.15, 0.2) is 34.9 Å². The molecule has 0 unspecified atom stereocenters. The van der Waals surface area contributed by atoms with Gasteiger partial charge in [0.1, 0.15) is 5.82 Å². The van der Waals surface area contributed by atoms with Crippen molar-refractivity contribution in [2.75, 3.05) is 0 Å². The van der Waals surface area contributed by atoms with Gasteiger partial charge in [0.15, 0.2) is 0 Å². The first kappa shape index (κ1) is 11.9. The second-order valence-electron chi connectivity index (χ2n) is 3.70. The number of nitrogens with zero attached hydrogens (tertiary/aromatic N) is 2. The van der Waals surface area contributed by atoms with E-state index < -0.39 is 5.97 Å². The van der Waals surface area contributed by atoms with Gasteiger partial charge >= 0.3 is 5.97 Å². The van der Waals surface area contributed by atoms with Crippen molar-refractivity contribution in [3.63, 3.8) is 0 Å². The van der Waals surface area contributed by atoms with E-state index >= 15 is 0 Å². The predicted molar refractivity (Wildman–Crippen MR) is 67.3 cm³/mol. The molecule has 17 heavy (non-hydrogen) atoms. The van der Waals surface area contributed by atoms with E-state index in [9.17, 15) is 4.79 Å². The Morgan fingerprint density at radius 2 is 2.06 bits per heavy atom. The summed E-state index contributed by atoms with van der Waals surface area (Å²) in [5.74, 6) is -0.0889. The van der Waals surface area contributed by atoms with Gasteiger partial charge in [-0.2, -0.15) is 0 Å². The summed E-state index contributed by atoms with van der Waals surface area (Å²) in [6, 6.07) is 7.77. The number of benzene rings is 1. The number of rotatable bonds is 3. The number of aryl methyl sites for hydroxylation is 1. The molecule has 1 aromatic carbocycles. The Labute approximate surface area is 107 Å². The molecule has 0 saturated carbocycles. The van der Waals surface area contributed by atoms with Crippen LogP contribution in [0.3, 0.4) is 0 Å². The van der Waals surface area contributed by atoms with Gasteiger partial charge in [0.25, 0.3) is 0 Å². The number of hydrogen-bond donors (Lipinski definition) is 1. The molecule has 0 fully saturated rings. The van der Waals surface area contributed by atoms with E-state index in [1.54, 1.807) is 6.20 Å². The maximum absolute atomic E-state index is 10.6. The van der Waals surface area contributed by atoms with Crippen LogP contribution in [0, 0.1) is 6.92 Å². The summed E-state index contributed by atoms with van der Waals surface area (Å²) >= 11 is 3.37. The Morgan fingerprint density at radius 3 is 2.65 bits per heavy atom. The average molecular weight is 295 g/mol. The minimum absolute atomic E-state index is 0.0512. The Balaban J connectivity index is 2.35. The summed E-state index contributed by atoms with van der Waals surface area (Å²) < 4.78 is 2.88. The van der Waals surface area contributed by atoms with Gasteiger partial charge in [0.2, 0.25) is 0 Å². The van der Waals surface area contributed by atoms with E-state index in [1.165, 1.54) is 0 Å². The molecule has 1 heterocycles. The molecule has 0 amide bonds. The summed E-state index contributed by atoms with van der Waals surface area (Å²) in [7, 11) is 0. The van der Waals surface area contributed by atoms with Gasteiger partial charge in [-0.3, -0.25) is 4.79 Å². The lowest BCUT2D eigenvalue weighted by Gasteiger charge is -2.04. The Hall–Kier alpha value is -1.62. The quantitative estimate of drug-likeness (QED) is 0.947.